The number of nitrogens with one attached hydrogen (secondary N) is 1. The summed E-state index contributed by atoms with van der Waals surface area (Å²) in [5.41, 5.74) is 0.895. The molecule has 1 amide bonds. The molecule has 0 radical (unpaired) electrons. The zero-order chi connectivity index (χ0) is 14.3. The van der Waals surface area contributed by atoms with Crippen molar-refractivity contribution in [3.8, 4) is 0 Å². The van der Waals surface area contributed by atoms with Gasteiger partial charge in [-0.15, -0.1) is 0 Å². The first-order valence-corrected chi connectivity index (χ1v) is 7.75. The molecule has 20 heavy (non-hydrogen) atoms. The Hall–Kier alpha value is -0.770. The number of nitrogens with zero attached hydrogens (tertiary/aromatic N) is 1. The molecule has 0 saturated carbocycles. The lowest BCUT2D eigenvalue weighted by atomic mass is 9.88. The van der Waals surface area contributed by atoms with Gasteiger partial charge in [0.1, 0.15) is 0 Å². The number of amides is 1. The van der Waals surface area contributed by atoms with Crippen LogP contribution in [0.3, 0.4) is 0 Å². The maximum Gasteiger partial charge on any atom is 0.227 e. The Balaban J connectivity index is 1.68. The van der Waals surface area contributed by atoms with Gasteiger partial charge >= 0.3 is 0 Å². The number of fused-ring (bicyclic) bond motifs is 2. The highest BCUT2D eigenvalue weighted by atomic mass is 35.5. The largest absolute Gasteiger partial charge is 0.341 e. The van der Waals surface area contributed by atoms with Crippen LogP contribution < -0.4 is 5.32 Å². The van der Waals surface area contributed by atoms with E-state index in [0.29, 0.717) is 28.7 Å². The van der Waals surface area contributed by atoms with Crippen LogP contribution in [0.15, 0.2) is 18.2 Å². The van der Waals surface area contributed by atoms with Crippen LogP contribution in [0.4, 0.5) is 0 Å². The van der Waals surface area contributed by atoms with Gasteiger partial charge < -0.3 is 10.2 Å². The predicted molar refractivity (Wildman–Crippen MR) is 81.0 cm³/mol. The van der Waals surface area contributed by atoms with E-state index in [2.05, 4.69) is 5.32 Å². The minimum Gasteiger partial charge on any atom is -0.341 e. The van der Waals surface area contributed by atoms with E-state index in [-0.39, 0.29) is 11.8 Å². The van der Waals surface area contributed by atoms with Crippen molar-refractivity contribution in [2.75, 3.05) is 7.05 Å². The monoisotopic (exact) mass is 312 g/mol. The molecule has 2 saturated heterocycles. The Kier molecular flexibility index (Phi) is 3.93. The van der Waals surface area contributed by atoms with E-state index in [0.717, 1.165) is 18.4 Å². The fraction of sp³-hybridized carbons (Fsp3) is 0.533. The topological polar surface area (TPSA) is 32.3 Å². The molecule has 0 aromatic heterocycles. The molecule has 1 N–H and O–H groups in total. The van der Waals surface area contributed by atoms with Crippen LogP contribution in [-0.2, 0) is 11.3 Å². The van der Waals surface area contributed by atoms with Gasteiger partial charge in [-0.2, -0.15) is 0 Å². The molecule has 2 aliphatic rings. The normalized spacial score (nSPS) is 27.9. The molecule has 1 aromatic carbocycles. The van der Waals surface area contributed by atoms with Crippen molar-refractivity contribution in [3.05, 3.63) is 33.8 Å². The number of halogens is 2. The third-order valence-electron chi connectivity index (χ3n) is 4.43. The summed E-state index contributed by atoms with van der Waals surface area (Å²) in [5, 5.41) is 4.58. The first kappa shape index (κ1) is 14.2. The van der Waals surface area contributed by atoms with E-state index in [9.17, 15) is 4.79 Å². The summed E-state index contributed by atoms with van der Waals surface area (Å²) in [5.74, 6) is 0.331. The van der Waals surface area contributed by atoms with Crippen LogP contribution in [0.2, 0.25) is 10.0 Å². The molecule has 5 heteroatoms. The van der Waals surface area contributed by atoms with Crippen LogP contribution in [-0.4, -0.2) is 29.9 Å². The molecular formula is C15H18Cl2N2O. The Labute approximate surface area is 129 Å². The van der Waals surface area contributed by atoms with Gasteiger partial charge in [0, 0.05) is 25.7 Å². The Morgan fingerprint density at radius 3 is 2.85 bits per heavy atom. The SMILES string of the molecule is CN(Cc1cccc(Cl)c1Cl)C(=O)C1CC2CCC1N2. The lowest BCUT2D eigenvalue weighted by Gasteiger charge is -2.26. The Morgan fingerprint density at radius 2 is 2.20 bits per heavy atom. The summed E-state index contributed by atoms with van der Waals surface area (Å²) in [6, 6.07) is 6.44. The number of hydrogen-bond acceptors (Lipinski definition) is 2. The number of benzene rings is 1. The van der Waals surface area contributed by atoms with E-state index in [1.807, 2.05) is 19.2 Å². The van der Waals surface area contributed by atoms with Crippen LogP contribution in [0, 0.1) is 5.92 Å². The third-order valence-corrected chi connectivity index (χ3v) is 5.29. The molecule has 108 valence electrons. The number of rotatable bonds is 3. The molecule has 0 aliphatic carbocycles. The summed E-state index contributed by atoms with van der Waals surface area (Å²) in [4.78, 5) is 14.3. The maximum atomic E-state index is 12.5. The van der Waals surface area contributed by atoms with Crippen molar-refractivity contribution in [1.82, 2.24) is 10.2 Å². The summed E-state index contributed by atoms with van der Waals surface area (Å²) >= 11 is 12.2. The lowest BCUT2D eigenvalue weighted by Crippen LogP contribution is -2.38. The Morgan fingerprint density at radius 1 is 1.40 bits per heavy atom. The first-order chi connectivity index (χ1) is 9.56. The fourth-order valence-electron chi connectivity index (χ4n) is 3.38. The standard InChI is InChI=1S/C15H18Cl2N2O/c1-19(8-9-3-2-4-12(16)14(9)17)15(20)11-7-10-5-6-13(11)18-10/h2-4,10-11,13,18H,5-8H2,1H3. The average molecular weight is 313 g/mol. The number of carbonyl (C=O) groups is 1. The molecule has 1 aromatic rings. The zero-order valence-corrected chi connectivity index (χ0v) is 12.9. The van der Waals surface area contributed by atoms with Gasteiger partial charge in [-0.05, 0) is 30.9 Å². The second-order valence-electron chi connectivity index (χ2n) is 5.80. The highest BCUT2D eigenvalue weighted by Gasteiger charge is 2.43. The van der Waals surface area contributed by atoms with Gasteiger partial charge in [0.05, 0.1) is 16.0 Å². The van der Waals surface area contributed by atoms with E-state index in [4.69, 9.17) is 23.2 Å². The second kappa shape index (κ2) is 5.55. The minimum absolute atomic E-state index is 0.122. The van der Waals surface area contributed by atoms with Crippen LogP contribution in [0.5, 0.6) is 0 Å². The van der Waals surface area contributed by atoms with Gasteiger partial charge in [-0.3, -0.25) is 4.79 Å². The number of hydrogen-bond donors (Lipinski definition) is 1. The summed E-state index contributed by atoms with van der Waals surface area (Å²) in [7, 11) is 1.84. The molecule has 2 bridgehead atoms. The minimum atomic E-state index is 0.122. The van der Waals surface area contributed by atoms with Crippen molar-refractivity contribution in [3.63, 3.8) is 0 Å². The molecule has 2 fully saturated rings. The van der Waals surface area contributed by atoms with Gasteiger partial charge in [0.15, 0.2) is 0 Å². The van der Waals surface area contributed by atoms with Crippen molar-refractivity contribution >= 4 is 29.1 Å². The van der Waals surface area contributed by atoms with Gasteiger partial charge in [-0.25, -0.2) is 0 Å². The smallest absolute Gasteiger partial charge is 0.227 e. The lowest BCUT2D eigenvalue weighted by molar-refractivity contribution is -0.135. The quantitative estimate of drug-likeness (QED) is 0.930. The molecular weight excluding hydrogens is 295 g/mol. The fourth-order valence-corrected chi connectivity index (χ4v) is 3.76. The van der Waals surface area contributed by atoms with Crippen LogP contribution in [0.1, 0.15) is 24.8 Å². The third kappa shape index (κ3) is 2.54. The highest BCUT2D eigenvalue weighted by molar-refractivity contribution is 6.42. The first-order valence-electron chi connectivity index (χ1n) is 7.00. The molecule has 2 aliphatic heterocycles. The van der Waals surface area contributed by atoms with E-state index >= 15 is 0 Å². The summed E-state index contributed by atoms with van der Waals surface area (Å²) in [6.07, 6.45) is 3.29. The van der Waals surface area contributed by atoms with Crippen molar-refractivity contribution < 1.29 is 4.79 Å². The van der Waals surface area contributed by atoms with E-state index in [1.54, 1.807) is 11.0 Å². The second-order valence-corrected chi connectivity index (χ2v) is 6.58. The average Bonchev–Trinajstić information content (AvgIpc) is 3.05. The van der Waals surface area contributed by atoms with Crippen molar-refractivity contribution in [2.24, 2.45) is 5.92 Å². The molecule has 3 unspecified atom stereocenters. The molecule has 3 rings (SSSR count). The molecule has 2 heterocycles. The molecule has 0 spiro atoms. The summed E-state index contributed by atoms with van der Waals surface area (Å²) < 4.78 is 0. The van der Waals surface area contributed by atoms with Crippen molar-refractivity contribution in [2.45, 2.75) is 37.9 Å². The Bertz CT molecular complexity index is 535. The van der Waals surface area contributed by atoms with Gasteiger partial charge in [0.25, 0.3) is 0 Å². The van der Waals surface area contributed by atoms with Gasteiger partial charge in [-0.1, -0.05) is 35.3 Å². The highest BCUT2D eigenvalue weighted by Crippen LogP contribution is 2.34. The van der Waals surface area contributed by atoms with Crippen LogP contribution >= 0.6 is 23.2 Å². The maximum absolute atomic E-state index is 12.5. The van der Waals surface area contributed by atoms with E-state index < -0.39 is 0 Å². The van der Waals surface area contributed by atoms with Gasteiger partial charge in [0.2, 0.25) is 5.91 Å². The van der Waals surface area contributed by atoms with E-state index in [1.165, 1.54) is 6.42 Å². The van der Waals surface area contributed by atoms with Crippen molar-refractivity contribution in [1.29, 1.82) is 0 Å². The molecule has 3 nitrogen and oxygen atoms in total. The summed E-state index contributed by atoms with van der Waals surface area (Å²) in [6.45, 7) is 0.506. The van der Waals surface area contributed by atoms with Crippen LogP contribution in [0.25, 0.3) is 0 Å². The zero-order valence-electron chi connectivity index (χ0n) is 11.4. The predicted octanol–water partition coefficient (Wildman–Crippen LogP) is 3.09. The molecule has 3 atom stereocenters. The number of carbonyl (C=O) groups excluding carboxylic acids is 1.